The van der Waals surface area contributed by atoms with Gasteiger partial charge in [-0.05, 0) is 38.7 Å². The predicted octanol–water partition coefficient (Wildman–Crippen LogP) is 1.01. The van der Waals surface area contributed by atoms with E-state index >= 15 is 0 Å². The van der Waals surface area contributed by atoms with Crippen molar-refractivity contribution in [2.24, 2.45) is 0 Å². The van der Waals surface area contributed by atoms with Gasteiger partial charge in [-0.25, -0.2) is 4.98 Å². The highest BCUT2D eigenvalue weighted by molar-refractivity contribution is 5.51. The molecule has 0 radical (unpaired) electrons. The van der Waals surface area contributed by atoms with Crippen LogP contribution in [0.25, 0.3) is 5.65 Å². The second-order valence-corrected chi connectivity index (χ2v) is 4.18. The summed E-state index contributed by atoms with van der Waals surface area (Å²) in [5.74, 6) is 0.995. The number of nitrogens with zero attached hydrogens (tertiary/aromatic N) is 4. The molecule has 5 nitrogen and oxygen atoms in total. The zero-order valence-electron chi connectivity index (χ0n) is 9.94. The van der Waals surface area contributed by atoms with Crippen LogP contribution in [0.5, 0.6) is 0 Å². The van der Waals surface area contributed by atoms with E-state index in [9.17, 15) is 0 Å². The molecule has 0 bridgehead atoms. The Hall–Kier alpha value is -1.62. The zero-order chi connectivity index (χ0) is 11.5. The highest BCUT2D eigenvalue weighted by atomic mass is 15.3. The average Bonchev–Trinajstić information content (AvgIpc) is 2.64. The summed E-state index contributed by atoms with van der Waals surface area (Å²) in [4.78, 5) is 6.33. The lowest BCUT2D eigenvalue weighted by molar-refractivity contribution is 0.425. The number of hydrogen-bond donors (Lipinski definition) is 1. The van der Waals surface area contributed by atoms with Gasteiger partial charge in [0.1, 0.15) is 12.1 Å². The van der Waals surface area contributed by atoms with Crippen LogP contribution in [-0.4, -0.2) is 46.7 Å². The van der Waals surface area contributed by atoms with Crippen LogP contribution < -0.4 is 5.32 Å². The normalized spacial score (nSPS) is 11.2. The first-order chi connectivity index (χ1) is 7.66. The second-order valence-electron chi connectivity index (χ2n) is 4.18. The number of aryl methyl sites for hydroxylation is 1. The van der Waals surface area contributed by atoms with E-state index in [1.165, 1.54) is 5.56 Å². The fourth-order valence-corrected chi connectivity index (χ4v) is 1.59. The van der Waals surface area contributed by atoms with E-state index < -0.39 is 0 Å². The van der Waals surface area contributed by atoms with Crippen molar-refractivity contribution in [3.63, 3.8) is 0 Å². The minimum atomic E-state index is 0.882. The van der Waals surface area contributed by atoms with Crippen molar-refractivity contribution in [3.8, 4) is 0 Å². The Morgan fingerprint density at radius 1 is 1.38 bits per heavy atom. The van der Waals surface area contributed by atoms with Gasteiger partial charge in [-0.15, -0.1) is 0 Å². The third kappa shape index (κ3) is 2.30. The van der Waals surface area contributed by atoms with Crippen LogP contribution in [0.3, 0.4) is 0 Å². The molecule has 0 atom stereocenters. The summed E-state index contributed by atoms with van der Waals surface area (Å²) in [5.41, 5.74) is 2.07. The summed E-state index contributed by atoms with van der Waals surface area (Å²) < 4.78 is 1.82. The number of pyridine rings is 1. The van der Waals surface area contributed by atoms with Gasteiger partial charge in [0.2, 0.25) is 0 Å². The molecule has 16 heavy (non-hydrogen) atoms. The Bertz CT molecular complexity index is 474. The predicted molar refractivity (Wildman–Crippen MR) is 64.8 cm³/mol. The average molecular weight is 219 g/mol. The number of aromatic nitrogens is 3. The van der Waals surface area contributed by atoms with Gasteiger partial charge in [0.05, 0.1) is 0 Å². The number of anilines is 1. The molecule has 0 saturated heterocycles. The SMILES string of the molecule is Cc1cc(NCCN(C)C)n2ncnc2c1. The Morgan fingerprint density at radius 3 is 2.94 bits per heavy atom. The van der Waals surface area contributed by atoms with Crippen molar-refractivity contribution in [3.05, 3.63) is 24.0 Å². The van der Waals surface area contributed by atoms with Crippen LogP contribution >= 0.6 is 0 Å². The van der Waals surface area contributed by atoms with Crippen molar-refractivity contribution in [2.75, 3.05) is 32.5 Å². The maximum absolute atomic E-state index is 4.19. The van der Waals surface area contributed by atoms with E-state index in [-0.39, 0.29) is 0 Å². The Morgan fingerprint density at radius 2 is 2.19 bits per heavy atom. The molecule has 2 heterocycles. The van der Waals surface area contributed by atoms with Gasteiger partial charge >= 0.3 is 0 Å². The van der Waals surface area contributed by atoms with Crippen LogP contribution in [0, 0.1) is 6.92 Å². The molecule has 0 fully saturated rings. The van der Waals surface area contributed by atoms with Gasteiger partial charge in [-0.2, -0.15) is 9.61 Å². The number of fused-ring (bicyclic) bond motifs is 1. The number of nitrogens with one attached hydrogen (secondary N) is 1. The van der Waals surface area contributed by atoms with E-state index in [4.69, 9.17) is 0 Å². The van der Waals surface area contributed by atoms with Crippen LogP contribution in [-0.2, 0) is 0 Å². The molecular formula is C11H17N5. The Balaban J connectivity index is 2.19. The Kier molecular flexibility index (Phi) is 3.05. The van der Waals surface area contributed by atoms with Crippen LogP contribution in [0.2, 0.25) is 0 Å². The van der Waals surface area contributed by atoms with Crippen molar-refractivity contribution in [2.45, 2.75) is 6.92 Å². The third-order valence-electron chi connectivity index (χ3n) is 2.39. The maximum atomic E-state index is 4.19. The first kappa shape index (κ1) is 10.9. The molecule has 1 N–H and O–H groups in total. The molecule has 5 heteroatoms. The van der Waals surface area contributed by atoms with Gasteiger partial charge < -0.3 is 10.2 Å². The lowest BCUT2D eigenvalue weighted by atomic mass is 10.3. The van der Waals surface area contributed by atoms with E-state index in [1.54, 1.807) is 6.33 Å². The molecule has 2 aromatic heterocycles. The smallest absolute Gasteiger partial charge is 0.157 e. The van der Waals surface area contributed by atoms with Crippen LogP contribution in [0.15, 0.2) is 18.5 Å². The monoisotopic (exact) mass is 219 g/mol. The number of rotatable bonds is 4. The molecule has 0 saturated carbocycles. The number of likely N-dealkylation sites (N-methyl/N-ethyl adjacent to an activating group) is 1. The quantitative estimate of drug-likeness (QED) is 0.833. The summed E-state index contributed by atoms with van der Waals surface area (Å²) in [6, 6.07) is 4.10. The van der Waals surface area contributed by atoms with E-state index in [0.29, 0.717) is 0 Å². The molecule has 0 aliphatic heterocycles. The third-order valence-corrected chi connectivity index (χ3v) is 2.39. The fourth-order valence-electron chi connectivity index (χ4n) is 1.59. The second kappa shape index (κ2) is 4.49. The summed E-state index contributed by atoms with van der Waals surface area (Å²) >= 11 is 0. The molecule has 2 rings (SSSR count). The van der Waals surface area contributed by atoms with Crippen molar-refractivity contribution < 1.29 is 0 Å². The minimum Gasteiger partial charge on any atom is -0.369 e. The van der Waals surface area contributed by atoms with Crippen molar-refractivity contribution in [1.29, 1.82) is 0 Å². The molecule has 86 valence electrons. The first-order valence-corrected chi connectivity index (χ1v) is 5.36. The highest BCUT2D eigenvalue weighted by Gasteiger charge is 2.03. The molecule has 0 aliphatic carbocycles. The van der Waals surface area contributed by atoms with Crippen LogP contribution in [0.1, 0.15) is 5.56 Å². The lowest BCUT2D eigenvalue weighted by Crippen LogP contribution is -2.21. The molecule has 0 amide bonds. The molecule has 0 unspecified atom stereocenters. The summed E-state index contributed by atoms with van der Waals surface area (Å²) in [5, 5.41) is 7.55. The first-order valence-electron chi connectivity index (χ1n) is 5.36. The van der Waals surface area contributed by atoms with Crippen molar-refractivity contribution >= 4 is 11.5 Å². The van der Waals surface area contributed by atoms with E-state index in [1.807, 2.05) is 10.6 Å². The van der Waals surface area contributed by atoms with Gasteiger partial charge in [-0.1, -0.05) is 0 Å². The van der Waals surface area contributed by atoms with Crippen LogP contribution in [0.4, 0.5) is 5.82 Å². The molecule has 0 aromatic carbocycles. The van der Waals surface area contributed by atoms with Gasteiger partial charge in [0.15, 0.2) is 5.65 Å². The summed E-state index contributed by atoms with van der Waals surface area (Å²) in [7, 11) is 4.12. The zero-order valence-corrected chi connectivity index (χ0v) is 9.94. The number of hydrogen-bond acceptors (Lipinski definition) is 4. The topological polar surface area (TPSA) is 45.5 Å². The van der Waals surface area contributed by atoms with Gasteiger partial charge in [0.25, 0.3) is 0 Å². The summed E-state index contributed by atoms with van der Waals surface area (Å²) in [6.45, 7) is 3.95. The summed E-state index contributed by atoms with van der Waals surface area (Å²) in [6.07, 6.45) is 1.58. The van der Waals surface area contributed by atoms with E-state index in [0.717, 1.165) is 24.6 Å². The highest BCUT2D eigenvalue weighted by Crippen LogP contribution is 2.12. The standard InChI is InChI=1S/C11H17N5/c1-9-6-10(12-4-5-15(2)3)16-11(7-9)13-8-14-16/h6-8,12H,4-5H2,1-3H3. The van der Waals surface area contributed by atoms with Gasteiger partial charge in [-0.3, -0.25) is 0 Å². The molecular weight excluding hydrogens is 202 g/mol. The maximum Gasteiger partial charge on any atom is 0.157 e. The molecule has 0 aliphatic rings. The van der Waals surface area contributed by atoms with Gasteiger partial charge in [0, 0.05) is 13.1 Å². The minimum absolute atomic E-state index is 0.882. The van der Waals surface area contributed by atoms with Crippen molar-refractivity contribution in [1.82, 2.24) is 19.5 Å². The fraction of sp³-hybridized carbons (Fsp3) is 0.455. The largest absolute Gasteiger partial charge is 0.369 e. The Labute approximate surface area is 95.1 Å². The molecule has 0 spiro atoms. The molecule has 2 aromatic rings. The van der Waals surface area contributed by atoms with E-state index in [2.05, 4.69) is 47.4 Å². The lowest BCUT2D eigenvalue weighted by Gasteiger charge is -2.12.